The maximum absolute atomic E-state index is 12.6. The number of methoxy groups -OCH3 is 1. The monoisotopic (exact) mass is 411 g/mol. The van der Waals surface area contributed by atoms with Gasteiger partial charge < -0.3 is 9.47 Å². The molecule has 1 atom stereocenters. The van der Waals surface area contributed by atoms with Crippen LogP contribution in [0.1, 0.15) is 17.2 Å². The van der Waals surface area contributed by atoms with Crippen molar-refractivity contribution in [2.45, 2.75) is 17.5 Å². The van der Waals surface area contributed by atoms with Gasteiger partial charge in [-0.1, -0.05) is 60.7 Å². The lowest BCUT2D eigenvalue weighted by Gasteiger charge is -2.17. The number of hydrogen-bond acceptors (Lipinski definition) is 5. The van der Waals surface area contributed by atoms with Crippen LogP contribution in [0.3, 0.4) is 0 Å². The number of sulfonamides is 1. The minimum Gasteiger partial charge on any atom is -0.489 e. The Balaban J connectivity index is 1.76. The third kappa shape index (κ3) is 5.43. The molecule has 0 bridgehead atoms. The molecule has 0 aliphatic rings. The van der Waals surface area contributed by atoms with E-state index in [-0.39, 0.29) is 4.90 Å². The second-order valence-electron chi connectivity index (χ2n) is 6.23. The quantitative estimate of drug-likeness (QED) is 0.574. The highest BCUT2D eigenvalue weighted by Crippen LogP contribution is 2.22. The van der Waals surface area contributed by atoms with Gasteiger partial charge in [0, 0.05) is 0 Å². The average Bonchev–Trinajstić information content (AvgIpc) is 2.77. The fourth-order valence-electron chi connectivity index (χ4n) is 2.69. The Morgan fingerprint density at radius 1 is 0.897 bits per heavy atom. The van der Waals surface area contributed by atoms with E-state index in [1.165, 1.54) is 19.2 Å². The lowest BCUT2D eigenvalue weighted by atomic mass is 10.1. The number of benzene rings is 3. The van der Waals surface area contributed by atoms with Crippen molar-refractivity contribution in [3.05, 3.63) is 96.1 Å². The summed E-state index contributed by atoms with van der Waals surface area (Å²) in [7, 11) is -2.69. The van der Waals surface area contributed by atoms with Gasteiger partial charge in [-0.05, 0) is 35.4 Å². The van der Waals surface area contributed by atoms with Crippen molar-refractivity contribution in [3.63, 3.8) is 0 Å². The molecule has 150 valence electrons. The molecule has 0 radical (unpaired) electrons. The van der Waals surface area contributed by atoms with E-state index in [0.29, 0.717) is 17.9 Å². The number of rotatable bonds is 8. The molecule has 7 heteroatoms. The lowest BCUT2D eigenvalue weighted by molar-refractivity contribution is -0.142. The van der Waals surface area contributed by atoms with E-state index < -0.39 is 22.0 Å². The molecule has 3 aromatic rings. The summed E-state index contributed by atoms with van der Waals surface area (Å²) < 4.78 is 38.2. The summed E-state index contributed by atoms with van der Waals surface area (Å²) in [6, 6.07) is 23.0. The van der Waals surface area contributed by atoms with Crippen LogP contribution in [0.15, 0.2) is 89.8 Å². The van der Waals surface area contributed by atoms with Crippen LogP contribution in [0.5, 0.6) is 5.75 Å². The highest BCUT2D eigenvalue weighted by molar-refractivity contribution is 7.89. The topological polar surface area (TPSA) is 81.7 Å². The molecule has 0 saturated heterocycles. The van der Waals surface area contributed by atoms with E-state index in [1.807, 2.05) is 30.3 Å². The van der Waals surface area contributed by atoms with E-state index >= 15 is 0 Å². The highest BCUT2D eigenvalue weighted by Gasteiger charge is 2.28. The zero-order valence-corrected chi connectivity index (χ0v) is 16.6. The zero-order valence-electron chi connectivity index (χ0n) is 15.8. The fraction of sp³-hybridized carbons (Fsp3) is 0.136. The Bertz CT molecular complexity index is 1040. The van der Waals surface area contributed by atoms with E-state index in [2.05, 4.69) is 4.72 Å². The van der Waals surface area contributed by atoms with Gasteiger partial charge in [-0.2, -0.15) is 4.72 Å². The first-order valence-electron chi connectivity index (χ1n) is 8.91. The van der Waals surface area contributed by atoms with E-state index in [4.69, 9.17) is 9.47 Å². The van der Waals surface area contributed by atoms with Crippen molar-refractivity contribution in [1.82, 2.24) is 4.72 Å². The molecule has 1 unspecified atom stereocenters. The molecular weight excluding hydrogens is 390 g/mol. The lowest BCUT2D eigenvalue weighted by Crippen LogP contribution is -2.34. The van der Waals surface area contributed by atoms with Crippen molar-refractivity contribution < 1.29 is 22.7 Å². The van der Waals surface area contributed by atoms with Crippen molar-refractivity contribution in [2.24, 2.45) is 0 Å². The summed E-state index contributed by atoms with van der Waals surface area (Å²) in [6.07, 6.45) is 0. The van der Waals surface area contributed by atoms with Crippen LogP contribution in [0.25, 0.3) is 0 Å². The summed E-state index contributed by atoms with van der Waals surface area (Å²) in [5.41, 5.74) is 1.48. The van der Waals surface area contributed by atoms with Crippen LogP contribution in [-0.4, -0.2) is 21.5 Å². The zero-order chi connectivity index (χ0) is 20.7. The number of esters is 1. The van der Waals surface area contributed by atoms with Crippen LogP contribution in [0.4, 0.5) is 0 Å². The van der Waals surface area contributed by atoms with Crippen LogP contribution >= 0.6 is 0 Å². The number of ether oxygens (including phenoxy) is 2. The maximum Gasteiger partial charge on any atom is 0.328 e. The Labute approximate surface area is 170 Å². The van der Waals surface area contributed by atoms with Gasteiger partial charge in [0.1, 0.15) is 18.4 Å². The van der Waals surface area contributed by atoms with Gasteiger partial charge in [0.25, 0.3) is 0 Å². The first kappa shape index (κ1) is 20.6. The van der Waals surface area contributed by atoms with Crippen molar-refractivity contribution in [3.8, 4) is 5.75 Å². The van der Waals surface area contributed by atoms with E-state index in [9.17, 15) is 13.2 Å². The number of nitrogens with one attached hydrogen (secondary N) is 1. The smallest absolute Gasteiger partial charge is 0.328 e. The average molecular weight is 411 g/mol. The Morgan fingerprint density at radius 3 is 2.07 bits per heavy atom. The second kappa shape index (κ2) is 9.36. The van der Waals surface area contributed by atoms with Gasteiger partial charge in [0.05, 0.1) is 12.0 Å². The van der Waals surface area contributed by atoms with Gasteiger partial charge in [-0.15, -0.1) is 0 Å². The van der Waals surface area contributed by atoms with Crippen LogP contribution < -0.4 is 9.46 Å². The first-order valence-corrected chi connectivity index (χ1v) is 10.4. The molecule has 0 aliphatic heterocycles. The van der Waals surface area contributed by atoms with Crippen LogP contribution in [0, 0.1) is 0 Å². The van der Waals surface area contributed by atoms with Crippen LogP contribution in [0.2, 0.25) is 0 Å². The molecule has 3 aromatic carbocycles. The molecule has 0 spiro atoms. The summed E-state index contributed by atoms with van der Waals surface area (Å²) in [5.74, 6) is -0.102. The van der Waals surface area contributed by atoms with Gasteiger partial charge in [0.15, 0.2) is 0 Å². The molecule has 29 heavy (non-hydrogen) atoms. The molecule has 0 fully saturated rings. The summed E-state index contributed by atoms with van der Waals surface area (Å²) in [6.45, 7) is 0.404. The van der Waals surface area contributed by atoms with E-state index in [1.54, 1.807) is 42.5 Å². The molecule has 0 amide bonds. The third-order valence-electron chi connectivity index (χ3n) is 4.23. The first-order chi connectivity index (χ1) is 14.0. The number of carbonyl (C=O) groups excluding carboxylic acids is 1. The molecule has 0 saturated carbocycles. The van der Waals surface area contributed by atoms with Gasteiger partial charge >= 0.3 is 5.97 Å². The van der Waals surface area contributed by atoms with Crippen molar-refractivity contribution >= 4 is 16.0 Å². The Hall–Kier alpha value is -3.16. The minimum absolute atomic E-state index is 0.0664. The molecule has 1 N–H and O–H groups in total. The third-order valence-corrected chi connectivity index (χ3v) is 5.66. The van der Waals surface area contributed by atoms with Crippen molar-refractivity contribution in [2.75, 3.05) is 7.11 Å². The number of carbonyl (C=O) groups is 1. The largest absolute Gasteiger partial charge is 0.489 e. The molecule has 0 heterocycles. The SMILES string of the molecule is COC(=O)C(NS(=O)(=O)c1ccccc1)c1ccc(OCc2ccccc2)cc1. The Morgan fingerprint density at radius 2 is 1.48 bits per heavy atom. The maximum atomic E-state index is 12.6. The molecule has 6 nitrogen and oxygen atoms in total. The number of hydrogen-bond donors (Lipinski definition) is 1. The highest BCUT2D eigenvalue weighted by atomic mass is 32.2. The van der Waals surface area contributed by atoms with Crippen molar-refractivity contribution in [1.29, 1.82) is 0 Å². The molecular formula is C22H21NO5S. The van der Waals surface area contributed by atoms with Crippen LogP contribution in [-0.2, 0) is 26.2 Å². The van der Waals surface area contributed by atoms with E-state index in [0.717, 1.165) is 5.56 Å². The summed E-state index contributed by atoms with van der Waals surface area (Å²) >= 11 is 0. The van der Waals surface area contributed by atoms with Gasteiger partial charge in [0.2, 0.25) is 10.0 Å². The predicted octanol–water partition coefficient (Wildman–Crippen LogP) is 3.46. The molecule has 0 aliphatic carbocycles. The minimum atomic E-state index is -3.90. The van der Waals surface area contributed by atoms with Gasteiger partial charge in [-0.25, -0.2) is 13.2 Å². The summed E-state index contributed by atoms with van der Waals surface area (Å²) in [5, 5.41) is 0. The predicted molar refractivity (Wildman–Crippen MR) is 109 cm³/mol. The molecule has 3 rings (SSSR count). The standard InChI is InChI=1S/C22H21NO5S/c1-27-22(24)21(23-29(25,26)20-10-6-3-7-11-20)18-12-14-19(15-13-18)28-16-17-8-4-2-5-9-17/h2-15,21,23H,16H2,1H3. The normalized spacial score (nSPS) is 12.2. The fourth-order valence-corrected chi connectivity index (χ4v) is 3.88. The Kier molecular flexibility index (Phi) is 6.64. The van der Waals surface area contributed by atoms with Gasteiger partial charge in [-0.3, -0.25) is 0 Å². The summed E-state index contributed by atoms with van der Waals surface area (Å²) in [4.78, 5) is 12.3. The molecule has 0 aromatic heterocycles. The second-order valence-corrected chi connectivity index (χ2v) is 7.95.